The predicted molar refractivity (Wildman–Crippen MR) is 90.4 cm³/mol. The minimum absolute atomic E-state index is 0.151. The molecule has 0 aromatic heterocycles. The van der Waals surface area contributed by atoms with Crippen LogP contribution in [0.5, 0.6) is 0 Å². The number of hydrogen-bond acceptors (Lipinski definition) is 2. The van der Waals surface area contributed by atoms with E-state index in [1.165, 1.54) is 5.56 Å². The van der Waals surface area contributed by atoms with Crippen molar-refractivity contribution in [2.45, 2.75) is 12.8 Å². The quantitative estimate of drug-likeness (QED) is 0.809. The highest BCUT2D eigenvalue weighted by atomic mass is 79.9. The lowest BCUT2D eigenvalue weighted by Gasteiger charge is -2.19. The van der Waals surface area contributed by atoms with Gasteiger partial charge in [-0.3, -0.25) is 4.79 Å². The molecule has 1 amide bonds. The molecule has 0 fully saturated rings. The number of fused-ring (bicyclic) bond motifs is 1. The molecule has 0 radical (unpaired) electrons. The summed E-state index contributed by atoms with van der Waals surface area (Å²) in [4.78, 5) is 12.3. The molecule has 0 saturated heterocycles. The number of hydrogen-bond donors (Lipinski definition) is 2. The Labute approximate surface area is 136 Å². The smallest absolute Gasteiger partial charge is 0.256 e. The Morgan fingerprint density at radius 3 is 2.90 bits per heavy atom. The maximum Gasteiger partial charge on any atom is 0.256 e. The average molecular weight is 366 g/mol. The second-order valence-corrected chi connectivity index (χ2v) is 6.27. The van der Waals surface area contributed by atoms with E-state index >= 15 is 0 Å². The molecule has 1 heterocycles. The summed E-state index contributed by atoms with van der Waals surface area (Å²) >= 11 is 9.26. The third-order valence-corrected chi connectivity index (χ3v) is 4.37. The fourth-order valence-corrected chi connectivity index (χ4v) is 3.29. The van der Waals surface area contributed by atoms with E-state index in [4.69, 9.17) is 11.6 Å². The van der Waals surface area contributed by atoms with Gasteiger partial charge in [-0.1, -0.05) is 11.6 Å². The molecule has 5 heteroatoms. The molecule has 0 saturated carbocycles. The van der Waals surface area contributed by atoms with Crippen molar-refractivity contribution in [2.75, 3.05) is 17.2 Å². The summed E-state index contributed by atoms with van der Waals surface area (Å²) in [5.74, 6) is -0.151. The second kappa shape index (κ2) is 6.08. The third-order valence-electron chi connectivity index (χ3n) is 3.48. The average Bonchev–Trinajstić information content (AvgIpc) is 2.47. The fourth-order valence-electron chi connectivity index (χ4n) is 2.42. The van der Waals surface area contributed by atoms with Gasteiger partial charge in [0, 0.05) is 27.4 Å². The molecule has 3 nitrogen and oxygen atoms in total. The minimum Gasteiger partial charge on any atom is -0.385 e. The maximum absolute atomic E-state index is 12.3. The summed E-state index contributed by atoms with van der Waals surface area (Å²) < 4.78 is 0.687. The Morgan fingerprint density at radius 1 is 1.24 bits per heavy atom. The van der Waals surface area contributed by atoms with E-state index < -0.39 is 0 Å². The zero-order chi connectivity index (χ0) is 14.8. The molecule has 0 aliphatic carbocycles. The molecule has 3 rings (SSSR count). The van der Waals surface area contributed by atoms with Gasteiger partial charge in [-0.2, -0.15) is 0 Å². The molecule has 0 bridgehead atoms. The van der Waals surface area contributed by atoms with Crippen LogP contribution in [0.15, 0.2) is 40.9 Å². The zero-order valence-corrected chi connectivity index (χ0v) is 13.6. The lowest BCUT2D eigenvalue weighted by Crippen LogP contribution is -2.15. The van der Waals surface area contributed by atoms with Crippen LogP contribution in [0.3, 0.4) is 0 Å². The first-order valence-corrected chi connectivity index (χ1v) is 7.94. The van der Waals surface area contributed by atoms with E-state index in [1.807, 2.05) is 18.2 Å². The molecule has 2 aromatic rings. The van der Waals surface area contributed by atoms with E-state index in [0.29, 0.717) is 15.1 Å². The van der Waals surface area contributed by atoms with E-state index in [9.17, 15) is 4.79 Å². The van der Waals surface area contributed by atoms with Crippen molar-refractivity contribution in [3.05, 3.63) is 57.0 Å². The second-order valence-electron chi connectivity index (χ2n) is 4.98. The minimum atomic E-state index is -0.151. The van der Waals surface area contributed by atoms with E-state index in [0.717, 1.165) is 30.8 Å². The van der Waals surface area contributed by atoms with Crippen LogP contribution in [0.2, 0.25) is 5.02 Å². The molecule has 1 aliphatic rings. The van der Waals surface area contributed by atoms with Crippen LogP contribution >= 0.6 is 27.5 Å². The van der Waals surface area contributed by atoms with Gasteiger partial charge in [-0.25, -0.2) is 0 Å². The van der Waals surface area contributed by atoms with Gasteiger partial charge in [0.1, 0.15) is 0 Å². The third kappa shape index (κ3) is 3.22. The van der Waals surface area contributed by atoms with Gasteiger partial charge in [0.25, 0.3) is 5.91 Å². The van der Waals surface area contributed by atoms with Crippen LogP contribution in [-0.4, -0.2) is 12.5 Å². The Bertz CT molecular complexity index is 703. The predicted octanol–water partition coefficient (Wildman–Crippen LogP) is 4.71. The summed E-state index contributed by atoms with van der Waals surface area (Å²) in [6.45, 7) is 1.01. The summed E-state index contributed by atoms with van der Waals surface area (Å²) in [5.41, 5.74) is 3.78. The van der Waals surface area contributed by atoms with Crippen molar-refractivity contribution < 1.29 is 4.79 Å². The van der Waals surface area contributed by atoms with Crippen LogP contribution in [0.4, 0.5) is 11.4 Å². The Kier molecular flexibility index (Phi) is 4.17. The maximum atomic E-state index is 12.3. The highest BCUT2D eigenvalue weighted by Gasteiger charge is 2.13. The zero-order valence-electron chi connectivity index (χ0n) is 11.2. The summed E-state index contributed by atoms with van der Waals surface area (Å²) in [5, 5.41) is 6.88. The molecule has 1 aliphatic heterocycles. The normalized spacial score (nSPS) is 13.2. The molecule has 0 unspecified atom stereocenters. The molecular weight excluding hydrogens is 352 g/mol. The van der Waals surface area contributed by atoms with Crippen molar-refractivity contribution in [2.24, 2.45) is 0 Å². The molecule has 0 atom stereocenters. The SMILES string of the molecule is O=C(Nc1ccc2c(c1)CCCN2)c1ccc(Cl)cc1Br. The molecule has 0 spiro atoms. The van der Waals surface area contributed by atoms with Gasteiger partial charge >= 0.3 is 0 Å². The van der Waals surface area contributed by atoms with Crippen LogP contribution in [0.25, 0.3) is 0 Å². The van der Waals surface area contributed by atoms with Crippen LogP contribution in [0, 0.1) is 0 Å². The van der Waals surface area contributed by atoms with Crippen molar-refractivity contribution in [3.8, 4) is 0 Å². The Morgan fingerprint density at radius 2 is 2.10 bits per heavy atom. The lowest BCUT2D eigenvalue weighted by atomic mass is 10.0. The molecule has 108 valence electrons. The van der Waals surface area contributed by atoms with Crippen molar-refractivity contribution in [3.63, 3.8) is 0 Å². The summed E-state index contributed by atoms with van der Waals surface area (Å²) in [6, 6.07) is 11.1. The van der Waals surface area contributed by atoms with Gasteiger partial charge in [0.2, 0.25) is 0 Å². The van der Waals surface area contributed by atoms with Crippen LogP contribution in [0.1, 0.15) is 22.3 Å². The number of anilines is 2. The van der Waals surface area contributed by atoms with Gasteiger partial charge in [0.15, 0.2) is 0 Å². The standard InChI is InChI=1S/C16H14BrClN2O/c17-14-9-11(18)3-5-13(14)16(21)20-12-4-6-15-10(8-12)2-1-7-19-15/h3-6,8-9,19H,1-2,7H2,(H,20,21). The Balaban J connectivity index is 1.81. The highest BCUT2D eigenvalue weighted by Crippen LogP contribution is 2.26. The fraction of sp³-hybridized carbons (Fsp3) is 0.188. The monoisotopic (exact) mass is 364 g/mol. The molecule has 2 N–H and O–H groups in total. The number of carbonyl (C=O) groups excluding carboxylic acids is 1. The summed E-state index contributed by atoms with van der Waals surface area (Å²) in [6.07, 6.45) is 2.16. The number of aryl methyl sites for hydroxylation is 1. The number of amides is 1. The van der Waals surface area contributed by atoms with Gasteiger partial charge in [0.05, 0.1) is 5.56 Å². The molecular formula is C16H14BrClN2O. The number of nitrogens with one attached hydrogen (secondary N) is 2. The van der Waals surface area contributed by atoms with Crippen molar-refractivity contribution >= 4 is 44.8 Å². The first-order valence-electron chi connectivity index (χ1n) is 6.77. The molecule has 21 heavy (non-hydrogen) atoms. The van der Waals surface area contributed by atoms with E-state index in [1.54, 1.807) is 18.2 Å². The topological polar surface area (TPSA) is 41.1 Å². The van der Waals surface area contributed by atoms with Crippen molar-refractivity contribution in [1.82, 2.24) is 0 Å². The summed E-state index contributed by atoms with van der Waals surface area (Å²) in [7, 11) is 0. The first-order chi connectivity index (χ1) is 10.1. The van der Waals surface area contributed by atoms with Gasteiger partial charge in [-0.15, -0.1) is 0 Å². The van der Waals surface area contributed by atoms with Crippen molar-refractivity contribution in [1.29, 1.82) is 0 Å². The molecule has 2 aromatic carbocycles. The number of halogens is 2. The first kappa shape index (κ1) is 14.4. The Hall–Kier alpha value is -1.52. The van der Waals surface area contributed by atoms with E-state index in [-0.39, 0.29) is 5.91 Å². The number of rotatable bonds is 2. The lowest BCUT2D eigenvalue weighted by molar-refractivity contribution is 0.102. The van der Waals surface area contributed by atoms with Gasteiger partial charge < -0.3 is 10.6 Å². The van der Waals surface area contributed by atoms with Crippen LogP contribution in [-0.2, 0) is 6.42 Å². The van der Waals surface area contributed by atoms with Crippen LogP contribution < -0.4 is 10.6 Å². The number of carbonyl (C=O) groups is 1. The van der Waals surface area contributed by atoms with E-state index in [2.05, 4.69) is 26.6 Å². The number of benzene rings is 2. The largest absolute Gasteiger partial charge is 0.385 e. The van der Waals surface area contributed by atoms with Gasteiger partial charge in [-0.05, 0) is 70.7 Å². The highest BCUT2D eigenvalue weighted by molar-refractivity contribution is 9.10.